The Labute approximate surface area is 159 Å². The fourth-order valence-corrected chi connectivity index (χ4v) is 3.85. The molecule has 146 valence electrons. The highest BCUT2D eigenvalue weighted by Crippen LogP contribution is 2.27. The maximum Gasteiger partial charge on any atom is 0.242 e. The summed E-state index contributed by atoms with van der Waals surface area (Å²) >= 11 is 0. The molecule has 1 aliphatic rings. The van der Waals surface area contributed by atoms with Gasteiger partial charge in [-0.15, -0.1) is 0 Å². The number of nitrogens with one attached hydrogen (secondary N) is 1. The first-order chi connectivity index (χ1) is 12.3. The molecular weight excluding hydrogens is 324 g/mol. The lowest BCUT2D eigenvalue weighted by atomic mass is 9.86. The third-order valence-corrected chi connectivity index (χ3v) is 5.93. The fourth-order valence-electron chi connectivity index (χ4n) is 3.85. The van der Waals surface area contributed by atoms with Crippen LogP contribution in [0.3, 0.4) is 0 Å². The zero-order valence-electron chi connectivity index (χ0n) is 17.4. The average Bonchev–Trinajstić information content (AvgIpc) is 2.61. The molecule has 0 spiro atoms. The van der Waals surface area contributed by atoms with E-state index in [2.05, 4.69) is 67.3 Å². The normalized spacial score (nSPS) is 18.9. The number of likely N-dealkylation sites (tertiary alicyclic amines) is 1. The van der Waals surface area contributed by atoms with Crippen molar-refractivity contribution < 1.29 is 4.79 Å². The zero-order valence-corrected chi connectivity index (χ0v) is 17.4. The van der Waals surface area contributed by atoms with Crippen LogP contribution in [0.4, 0.5) is 0 Å². The Morgan fingerprint density at radius 1 is 1.15 bits per heavy atom. The molecule has 5 nitrogen and oxygen atoms in total. The first-order valence-electron chi connectivity index (χ1n) is 9.69. The lowest BCUT2D eigenvalue weighted by Gasteiger charge is -2.46. The van der Waals surface area contributed by atoms with Gasteiger partial charge in [0.2, 0.25) is 5.91 Å². The number of carbonyl (C=O) groups excluding carboxylic acids is 1. The summed E-state index contributed by atoms with van der Waals surface area (Å²) < 4.78 is 0. The molecule has 1 heterocycles. The van der Waals surface area contributed by atoms with Gasteiger partial charge in [0.1, 0.15) is 6.04 Å². The van der Waals surface area contributed by atoms with Gasteiger partial charge >= 0.3 is 0 Å². The molecule has 5 heteroatoms. The Morgan fingerprint density at radius 3 is 2.19 bits per heavy atom. The SMILES string of the molecule is CCN1CCC(CNC(=O)[C@H](c2ccc(C)cc2)N(C)C)(N(C)C)CC1. The van der Waals surface area contributed by atoms with Crippen molar-refractivity contribution in [3.8, 4) is 0 Å². The monoisotopic (exact) mass is 360 g/mol. The fraction of sp³-hybridized carbons (Fsp3) is 0.667. The Hall–Kier alpha value is -1.43. The molecule has 1 aromatic rings. The number of likely N-dealkylation sites (N-methyl/N-ethyl adjacent to an activating group) is 2. The van der Waals surface area contributed by atoms with E-state index in [9.17, 15) is 4.79 Å². The maximum atomic E-state index is 13.0. The van der Waals surface area contributed by atoms with E-state index in [4.69, 9.17) is 0 Å². The van der Waals surface area contributed by atoms with Gasteiger partial charge in [0.15, 0.2) is 0 Å². The van der Waals surface area contributed by atoms with Gasteiger partial charge in [0.05, 0.1) is 0 Å². The molecule has 0 unspecified atom stereocenters. The van der Waals surface area contributed by atoms with Gasteiger partial charge in [-0.3, -0.25) is 9.69 Å². The third-order valence-electron chi connectivity index (χ3n) is 5.93. The van der Waals surface area contributed by atoms with E-state index in [-0.39, 0.29) is 17.5 Å². The molecule has 0 saturated carbocycles. The van der Waals surface area contributed by atoms with E-state index in [0.29, 0.717) is 6.54 Å². The maximum absolute atomic E-state index is 13.0. The van der Waals surface area contributed by atoms with Crippen LogP contribution in [-0.4, -0.2) is 80.5 Å². The van der Waals surface area contributed by atoms with Crippen molar-refractivity contribution in [1.82, 2.24) is 20.0 Å². The first-order valence-corrected chi connectivity index (χ1v) is 9.69. The van der Waals surface area contributed by atoms with Crippen LogP contribution < -0.4 is 5.32 Å². The molecule has 2 rings (SSSR count). The summed E-state index contributed by atoms with van der Waals surface area (Å²) in [5.74, 6) is 0.0815. The topological polar surface area (TPSA) is 38.8 Å². The van der Waals surface area contributed by atoms with Crippen LogP contribution in [-0.2, 0) is 4.79 Å². The van der Waals surface area contributed by atoms with Crippen molar-refractivity contribution in [3.05, 3.63) is 35.4 Å². The minimum atomic E-state index is -0.259. The second-order valence-corrected chi connectivity index (χ2v) is 8.05. The summed E-state index contributed by atoms with van der Waals surface area (Å²) in [5, 5.41) is 3.26. The summed E-state index contributed by atoms with van der Waals surface area (Å²) in [4.78, 5) is 19.8. The minimum absolute atomic E-state index is 0.0471. The van der Waals surface area contributed by atoms with E-state index in [1.54, 1.807) is 0 Å². The highest BCUT2D eigenvalue weighted by Gasteiger charge is 2.37. The largest absolute Gasteiger partial charge is 0.353 e. The second kappa shape index (κ2) is 8.98. The molecule has 1 aliphatic heterocycles. The van der Waals surface area contributed by atoms with Crippen molar-refractivity contribution in [3.63, 3.8) is 0 Å². The van der Waals surface area contributed by atoms with Crippen LogP contribution in [0.25, 0.3) is 0 Å². The Kier molecular flexibility index (Phi) is 7.21. The van der Waals surface area contributed by atoms with E-state index in [1.807, 2.05) is 19.0 Å². The lowest BCUT2D eigenvalue weighted by molar-refractivity contribution is -0.126. The van der Waals surface area contributed by atoms with Crippen molar-refractivity contribution in [2.24, 2.45) is 0 Å². The summed E-state index contributed by atoms with van der Waals surface area (Å²) in [6.07, 6.45) is 2.18. The molecule has 1 fully saturated rings. The molecule has 1 N–H and O–H groups in total. The molecule has 0 bridgehead atoms. The third kappa shape index (κ3) is 4.84. The minimum Gasteiger partial charge on any atom is -0.353 e. The molecule has 1 saturated heterocycles. The van der Waals surface area contributed by atoms with Crippen molar-refractivity contribution >= 4 is 5.91 Å². The van der Waals surface area contributed by atoms with Crippen LogP contribution in [0.1, 0.15) is 36.9 Å². The molecule has 0 aromatic heterocycles. The molecule has 0 radical (unpaired) electrons. The Bertz CT molecular complexity index is 574. The lowest BCUT2D eigenvalue weighted by Crippen LogP contribution is -2.59. The predicted molar refractivity (Wildman–Crippen MR) is 108 cm³/mol. The van der Waals surface area contributed by atoms with E-state index in [0.717, 1.165) is 38.0 Å². The number of carbonyl (C=O) groups is 1. The van der Waals surface area contributed by atoms with Crippen LogP contribution in [0.5, 0.6) is 0 Å². The standard InChI is InChI=1S/C21H36N4O/c1-7-25-14-12-21(13-15-25,24(5)6)16-22-20(26)19(23(3)4)18-10-8-17(2)9-11-18/h8-11,19H,7,12-16H2,1-6H3,(H,22,26)/t19-/m0/s1. The van der Waals surface area contributed by atoms with Crippen molar-refractivity contribution in [1.29, 1.82) is 0 Å². The van der Waals surface area contributed by atoms with E-state index in [1.165, 1.54) is 5.56 Å². The molecule has 1 aromatic carbocycles. The van der Waals surface area contributed by atoms with Gasteiger partial charge in [-0.05, 0) is 73.2 Å². The van der Waals surface area contributed by atoms with Gasteiger partial charge in [-0.1, -0.05) is 36.8 Å². The predicted octanol–water partition coefficient (Wildman–Crippen LogP) is 2.13. The van der Waals surface area contributed by atoms with Crippen LogP contribution >= 0.6 is 0 Å². The summed E-state index contributed by atoms with van der Waals surface area (Å²) in [5.41, 5.74) is 2.30. The van der Waals surface area contributed by atoms with Crippen molar-refractivity contribution in [2.75, 3.05) is 54.4 Å². The highest BCUT2D eigenvalue weighted by molar-refractivity contribution is 5.83. The molecule has 26 heavy (non-hydrogen) atoms. The van der Waals surface area contributed by atoms with Crippen LogP contribution in [0, 0.1) is 6.92 Å². The molecule has 0 aliphatic carbocycles. The summed E-state index contributed by atoms with van der Waals surface area (Å²) in [7, 11) is 8.20. The van der Waals surface area contributed by atoms with Gasteiger partial charge in [-0.25, -0.2) is 0 Å². The smallest absolute Gasteiger partial charge is 0.242 e. The van der Waals surface area contributed by atoms with E-state index >= 15 is 0 Å². The number of hydrogen-bond acceptors (Lipinski definition) is 4. The number of hydrogen-bond donors (Lipinski definition) is 1. The molecule has 1 atom stereocenters. The number of aryl methyl sites for hydroxylation is 1. The van der Waals surface area contributed by atoms with Crippen molar-refractivity contribution in [2.45, 2.75) is 38.3 Å². The highest BCUT2D eigenvalue weighted by atomic mass is 16.2. The van der Waals surface area contributed by atoms with Gasteiger partial charge < -0.3 is 15.1 Å². The quantitative estimate of drug-likeness (QED) is 0.809. The second-order valence-electron chi connectivity index (χ2n) is 8.05. The van der Waals surface area contributed by atoms with Gasteiger partial charge in [0.25, 0.3) is 0 Å². The number of piperidine rings is 1. The number of rotatable bonds is 7. The Balaban J connectivity index is 2.07. The molecule has 1 amide bonds. The van der Waals surface area contributed by atoms with Crippen LogP contribution in [0.15, 0.2) is 24.3 Å². The average molecular weight is 361 g/mol. The number of amides is 1. The zero-order chi connectivity index (χ0) is 19.3. The number of benzene rings is 1. The summed E-state index contributed by atoms with van der Waals surface area (Å²) in [6, 6.07) is 8.00. The summed E-state index contributed by atoms with van der Waals surface area (Å²) in [6.45, 7) is 8.28. The van der Waals surface area contributed by atoms with Gasteiger partial charge in [0, 0.05) is 12.1 Å². The van der Waals surface area contributed by atoms with E-state index < -0.39 is 0 Å². The Morgan fingerprint density at radius 2 is 1.73 bits per heavy atom. The van der Waals surface area contributed by atoms with Crippen LogP contribution in [0.2, 0.25) is 0 Å². The van der Waals surface area contributed by atoms with Gasteiger partial charge in [-0.2, -0.15) is 0 Å². The molecular formula is C21H36N4O. The number of nitrogens with zero attached hydrogens (tertiary/aromatic N) is 3. The first kappa shape index (κ1) is 20.9.